The van der Waals surface area contributed by atoms with Crippen molar-refractivity contribution in [3.63, 3.8) is 0 Å². The summed E-state index contributed by atoms with van der Waals surface area (Å²) >= 11 is 0. The number of nitrogens with zero attached hydrogens (tertiary/aromatic N) is 4. The lowest BCUT2D eigenvalue weighted by Gasteiger charge is -2.29. The number of piperidine rings is 1. The highest BCUT2D eigenvalue weighted by Crippen LogP contribution is 2.26. The summed E-state index contributed by atoms with van der Waals surface area (Å²) in [6.45, 7) is 6.16. The van der Waals surface area contributed by atoms with Gasteiger partial charge in [0.1, 0.15) is 0 Å². The zero-order valence-corrected chi connectivity index (χ0v) is 16.7. The fourth-order valence-electron chi connectivity index (χ4n) is 3.76. The fraction of sp³-hybridized carbons (Fsp3) is 0.409. The molecule has 0 aliphatic carbocycles. The predicted molar refractivity (Wildman–Crippen MR) is 111 cm³/mol. The van der Waals surface area contributed by atoms with E-state index in [1.807, 2.05) is 41.1 Å². The summed E-state index contributed by atoms with van der Waals surface area (Å²) < 4.78 is 1.88. The Kier molecular flexibility index (Phi) is 5.13. The van der Waals surface area contributed by atoms with Gasteiger partial charge in [-0.1, -0.05) is 30.3 Å². The smallest absolute Gasteiger partial charge is 0.252 e. The van der Waals surface area contributed by atoms with Crippen LogP contribution in [0.4, 0.5) is 0 Å². The van der Waals surface area contributed by atoms with E-state index in [0.29, 0.717) is 5.56 Å². The van der Waals surface area contributed by atoms with Crippen molar-refractivity contribution in [2.75, 3.05) is 20.1 Å². The topological polar surface area (TPSA) is 63.1 Å². The number of benzene rings is 1. The van der Waals surface area contributed by atoms with Crippen molar-refractivity contribution in [2.24, 2.45) is 0 Å². The molecule has 6 nitrogen and oxygen atoms in total. The van der Waals surface area contributed by atoms with Gasteiger partial charge in [0, 0.05) is 17.6 Å². The molecular formula is C22H27N5O. The molecule has 0 unspecified atom stereocenters. The van der Waals surface area contributed by atoms with Gasteiger partial charge < -0.3 is 10.2 Å². The number of fused-ring (bicyclic) bond motifs is 1. The van der Waals surface area contributed by atoms with Crippen LogP contribution in [-0.4, -0.2) is 51.8 Å². The van der Waals surface area contributed by atoms with Crippen LogP contribution in [-0.2, 0) is 0 Å². The molecule has 146 valence electrons. The third kappa shape index (κ3) is 3.64. The predicted octanol–water partition coefficient (Wildman–Crippen LogP) is 3.50. The number of hydrogen-bond acceptors (Lipinski definition) is 4. The lowest BCUT2D eigenvalue weighted by atomic mass is 10.0. The first-order chi connectivity index (χ1) is 13.5. The number of rotatable bonds is 4. The lowest BCUT2D eigenvalue weighted by molar-refractivity contribution is 0.0918. The molecule has 0 spiro atoms. The molecular weight excluding hydrogens is 350 g/mol. The summed E-state index contributed by atoms with van der Waals surface area (Å²) in [4.78, 5) is 20.3. The maximum atomic E-state index is 13.2. The normalized spacial score (nSPS) is 16.0. The SMILES string of the molecule is CC(C)n1ncc2c(C(=O)NC3CCN(C)CC3)cc(-c3ccccc3)nc21. The van der Waals surface area contributed by atoms with Gasteiger partial charge in [-0.2, -0.15) is 5.10 Å². The number of nitrogens with one attached hydrogen (secondary N) is 1. The summed E-state index contributed by atoms with van der Waals surface area (Å²) in [5, 5.41) is 8.54. The molecule has 1 aromatic carbocycles. The zero-order valence-electron chi connectivity index (χ0n) is 16.7. The zero-order chi connectivity index (χ0) is 19.7. The molecule has 0 atom stereocenters. The van der Waals surface area contributed by atoms with Gasteiger partial charge in [-0.3, -0.25) is 4.79 Å². The highest BCUT2D eigenvalue weighted by atomic mass is 16.1. The van der Waals surface area contributed by atoms with Crippen LogP contribution in [0.3, 0.4) is 0 Å². The molecule has 2 aromatic heterocycles. The molecule has 28 heavy (non-hydrogen) atoms. The highest BCUT2D eigenvalue weighted by Gasteiger charge is 2.22. The van der Waals surface area contributed by atoms with Gasteiger partial charge in [-0.15, -0.1) is 0 Å². The third-order valence-electron chi connectivity index (χ3n) is 5.42. The minimum Gasteiger partial charge on any atom is -0.349 e. The minimum absolute atomic E-state index is 0.0394. The van der Waals surface area contributed by atoms with Crippen molar-refractivity contribution in [2.45, 2.75) is 38.8 Å². The summed E-state index contributed by atoms with van der Waals surface area (Å²) in [6, 6.07) is 12.3. The van der Waals surface area contributed by atoms with Gasteiger partial charge in [0.15, 0.2) is 5.65 Å². The van der Waals surface area contributed by atoms with E-state index < -0.39 is 0 Å². The number of aromatic nitrogens is 3. The van der Waals surface area contributed by atoms with Crippen LogP contribution in [0.15, 0.2) is 42.6 Å². The molecule has 1 saturated heterocycles. The van der Waals surface area contributed by atoms with Gasteiger partial charge in [0.25, 0.3) is 5.91 Å². The van der Waals surface area contributed by atoms with Crippen molar-refractivity contribution in [3.05, 3.63) is 48.2 Å². The first kappa shape index (κ1) is 18.6. The molecule has 1 fully saturated rings. The molecule has 3 heterocycles. The van der Waals surface area contributed by atoms with E-state index in [2.05, 4.69) is 36.2 Å². The van der Waals surface area contributed by atoms with E-state index in [1.54, 1.807) is 6.20 Å². The molecule has 6 heteroatoms. The highest BCUT2D eigenvalue weighted by molar-refractivity contribution is 6.06. The van der Waals surface area contributed by atoms with E-state index in [1.165, 1.54) is 0 Å². The second-order valence-electron chi connectivity index (χ2n) is 7.89. The molecule has 1 aliphatic heterocycles. The van der Waals surface area contributed by atoms with Gasteiger partial charge in [-0.05, 0) is 52.9 Å². The van der Waals surface area contributed by atoms with Crippen LogP contribution in [0.2, 0.25) is 0 Å². The van der Waals surface area contributed by atoms with E-state index >= 15 is 0 Å². The molecule has 0 saturated carbocycles. The van der Waals surface area contributed by atoms with Crippen molar-refractivity contribution in [3.8, 4) is 11.3 Å². The van der Waals surface area contributed by atoms with Crippen LogP contribution in [0.1, 0.15) is 43.1 Å². The van der Waals surface area contributed by atoms with Crippen molar-refractivity contribution < 1.29 is 4.79 Å². The Bertz CT molecular complexity index is 971. The molecule has 1 aliphatic rings. The lowest BCUT2D eigenvalue weighted by Crippen LogP contribution is -2.43. The van der Waals surface area contributed by atoms with E-state index in [-0.39, 0.29) is 18.0 Å². The van der Waals surface area contributed by atoms with Crippen LogP contribution in [0.25, 0.3) is 22.3 Å². The minimum atomic E-state index is -0.0394. The Hall–Kier alpha value is -2.73. The monoisotopic (exact) mass is 377 g/mol. The maximum absolute atomic E-state index is 13.2. The fourth-order valence-corrected chi connectivity index (χ4v) is 3.76. The van der Waals surface area contributed by atoms with Crippen LogP contribution in [0, 0.1) is 0 Å². The van der Waals surface area contributed by atoms with Crippen LogP contribution < -0.4 is 5.32 Å². The number of carbonyl (C=O) groups excluding carboxylic acids is 1. The van der Waals surface area contributed by atoms with E-state index in [0.717, 1.165) is 48.2 Å². The maximum Gasteiger partial charge on any atom is 0.252 e. The molecule has 1 N–H and O–H groups in total. The third-order valence-corrected chi connectivity index (χ3v) is 5.42. The molecule has 0 bridgehead atoms. The Morgan fingerprint density at radius 3 is 2.57 bits per heavy atom. The van der Waals surface area contributed by atoms with Gasteiger partial charge >= 0.3 is 0 Å². The largest absolute Gasteiger partial charge is 0.349 e. The Morgan fingerprint density at radius 1 is 1.18 bits per heavy atom. The summed E-state index contributed by atoms with van der Waals surface area (Å²) in [5.74, 6) is -0.0394. The first-order valence-electron chi connectivity index (χ1n) is 9.96. The quantitative estimate of drug-likeness (QED) is 0.756. The molecule has 4 rings (SSSR count). The summed E-state index contributed by atoms with van der Waals surface area (Å²) in [7, 11) is 2.12. The Morgan fingerprint density at radius 2 is 1.89 bits per heavy atom. The van der Waals surface area contributed by atoms with Crippen molar-refractivity contribution in [1.29, 1.82) is 0 Å². The second kappa shape index (κ2) is 7.72. The van der Waals surface area contributed by atoms with Crippen LogP contribution >= 0.6 is 0 Å². The average molecular weight is 377 g/mol. The summed E-state index contributed by atoms with van der Waals surface area (Å²) in [5.41, 5.74) is 3.19. The van der Waals surface area contributed by atoms with Gasteiger partial charge in [-0.25, -0.2) is 9.67 Å². The van der Waals surface area contributed by atoms with E-state index in [4.69, 9.17) is 4.98 Å². The van der Waals surface area contributed by atoms with Gasteiger partial charge in [0.2, 0.25) is 0 Å². The van der Waals surface area contributed by atoms with Crippen LogP contribution in [0.5, 0.6) is 0 Å². The molecule has 3 aromatic rings. The number of hydrogen-bond donors (Lipinski definition) is 1. The van der Waals surface area contributed by atoms with E-state index in [9.17, 15) is 4.79 Å². The van der Waals surface area contributed by atoms with Crippen molar-refractivity contribution >= 4 is 16.9 Å². The van der Waals surface area contributed by atoms with Crippen molar-refractivity contribution in [1.82, 2.24) is 25.0 Å². The molecule has 1 amide bonds. The second-order valence-corrected chi connectivity index (χ2v) is 7.89. The number of pyridine rings is 1. The first-order valence-corrected chi connectivity index (χ1v) is 9.96. The summed E-state index contributed by atoms with van der Waals surface area (Å²) in [6.07, 6.45) is 3.72. The Balaban J connectivity index is 1.74. The average Bonchev–Trinajstić information content (AvgIpc) is 3.14. The standard InChI is InChI=1S/C22H27N5O/c1-15(2)27-21-19(14-23-27)18(13-20(25-21)16-7-5-4-6-8-16)22(28)24-17-9-11-26(3)12-10-17/h4-8,13-15,17H,9-12H2,1-3H3,(H,24,28). The number of likely N-dealkylation sites (tertiary alicyclic amines) is 1. The van der Waals surface area contributed by atoms with Gasteiger partial charge in [0.05, 0.1) is 22.8 Å². The number of carbonyl (C=O) groups is 1. The molecule has 0 radical (unpaired) electrons. The Labute approximate surface area is 165 Å². The number of amides is 1.